The highest BCUT2D eigenvalue weighted by Gasteiger charge is 2.16. The van der Waals surface area contributed by atoms with E-state index < -0.39 is 0 Å². The maximum Gasteiger partial charge on any atom is 0.251 e. The van der Waals surface area contributed by atoms with Crippen LogP contribution in [0, 0.1) is 0 Å². The van der Waals surface area contributed by atoms with Gasteiger partial charge in [0.2, 0.25) is 5.91 Å². The van der Waals surface area contributed by atoms with E-state index in [1.807, 2.05) is 14.1 Å². The van der Waals surface area contributed by atoms with Crippen LogP contribution in [0.15, 0.2) is 18.2 Å². The van der Waals surface area contributed by atoms with Gasteiger partial charge < -0.3 is 20.3 Å². The quantitative estimate of drug-likeness (QED) is 0.797. The van der Waals surface area contributed by atoms with Gasteiger partial charge >= 0.3 is 0 Å². The normalized spacial score (nSPS) is 14.0. The van der Waals surface area contributed by atoms with Crippen molar-refractivity contribution in [3.8, 4) is 5.75 Å². The van der Waals surface area contributed by atoms with Gasteiger partial charge in [0.1, 0.15) is 5.75 Å². The third-order valence-corrected chi connectivity index (χ3v) is 3.17. The van der Waals surface area contributed by atoms with E-state index in [1.54, 1.807) is 18.2 Å². The summed E-state index contributed by atoms with van der Waals surface area (Å²) in [7, 11) is 3.99. The molecule has 0 fully saturated rings. The molecule has 0 aliphatic carbocycles. The number of fused-ring (bicyclic) bond motifs is 1. The van der Waals surface area contributed by atoms with E-state index in [4.69, 9.17) is 4.74 Å². The molecule has 0 radical (unpaired) electrons. The molecule has 0 saturated carbocycles. The SMILES string of the molecule is CN(C)CCCNC(=O)c1ccc2c(c1)NC(=O)CCO2. The molecule has 2 amide bonds. The van der Waals surface area contributed by atoms with Crippen LogP contribution in [-0.4, -0.2) is 50.5 Å². The van der Waals surface area contributed by atoms with Crippen molar-refractivity contribution in [2.24, 2.45) is 0 Å². The summed E-state index contributed by atoms with van der Waals surface area (Å²) in [6, 6.07) is 5.08. The number of rotatable bonds is 5. The van der Waals surface area contributed by atoms with E-state index in [1.165, 1.54) is 0 Å². The van der Waals surface area contributed by atoms with Gasteiger partial charge in [-0.05, 0) is 45.3 Å². The van der Waals surface area contributed by atoms with Gasteiger partial charge in [-0.3, -0.25) is 9.59 Å². The molecule has 6 heteroatoms. The zero-order chi connectivity index (χ0) is 15.2. The third-order valence-electron chi connectivity index (χ3n) is 3.17. The maximum absolute atomic E-state index is 12.1. The monoisotopic (exact) mass is 291 g/mol. The number of ether oxygens (including phenoxy) is 1. The standard InChI is InChI=1S/C15H21N3O3/c1-18(2)8-3-7-16-15(20)11-4-5-13-12(10-11)17-14(19)6-9-21-13/h4-5,10H,3,6-9H2,1-2H3,(H,16,20)(H,17,19). The van der Waals surface area contributed by atoms with Crippen LogP contribution in [0.4, 0.5) is 5.69 Å². The summed E-state index contributed by atoms with van der Waals surface area (Å²) in [4.78, 5) is 25.6. The van der Waals surface area contributed by atoms with Crippen molar-refractivity contribution in [1.82, 2.24) is 10.2 Å². The fraction of sp³-hybridized carbons (Fsp3) is 0.467. The maximum atomic E-state index is 12.1. The van der Waals surface area contributed by atoms with Crippen LogP contribution in [0.1, 0.15) is 23.2 Å². The lowest BCUT2D eigenvalue weighted by Crippen LogP contribution is -2.27. The van der Waals surface area contributed by atoms with Gasteiger partial charge in [-0.1, -0.05) is 0 Å². The molecular formula is C15H21N3O3. The summed E-state index contributed by atoms with van der Waals surface area (Å²) in [5.74, 6) is 0.359. The molecule has 1 aliphatic heterocycles. The van der Waals surface area contributed by atoms with Crippen LogP contribution in [0.3, 0.4) is 0 Å². The highest BCUT2D eigenvalue weighted by atomic mass is 16.5. The first-order valence-corrected chi connectivity index (χ1v) is 7.06. The predicted octanol–water partition coefficient (Wildman–Crippen LogP) is 1.09. The molecule has 114 valence electrons. The van der Waals surface area contributed by atoms with E-state index in [2.05, 4.69) is 15.5 Å². The lowest BCUT2D eigenvalue weighted by Gasteiger charge is -2.11. The number of carbonyl (C=O) groups is 2. The first kappa shape index (κ1) is 15.3. The zero-order valence-corrected chi connectivity index (χ0v) is 12.4. The van der Waals surface area contributed by atoms with Gasteiger partial charge in [-0.2, -0.15) is 0 Å². The Hall–Kier alpha value is -2.08. The topological polar surface area (TPSA) is 70.7 Å². The molecule has 1 heterocycles. The van der Waals surface area contributed by atoms with E-state index in [0.29, 0.717) is 36.6 Å². The van der Waals surface area contributed by atoms with Gasteiger partial charge in [0, 0.05) is 12.1 Å². The molecule has 0 unspecified atom stereocenters. The average Bonchev–Trinajstić information content (AvgIpc) is 2.62. The summed E-state index contributed by atoms with van der Waals surface area (Å²) in [5.41, 5.74) is 1.07. The minimum Gasteiger partial charge on any atom is -0.491 e. The van der Waals surface area contributed by atoms with Crippen LogP contribution in [-0.2, 0) is 4.79 Å². The molecule has 2 N–H and O–H groups in total. The van der Waals surface area contributed by atoms with Crippen molar-refractivity contribution in [2.75, 3.05) is 39.1 Å². The number of nitrogens with zero attached hydrogens (tertiary/aromatic N) is 1. The summed E-state index contributed by atoms with van der Waals surface area (Å²) in [6.45, 7) is 1.90. The van der Waals surface area contributed by atoms with Crippen molar-refractivity contribution in [2.45, 2.75) is 12.8 Å². The van der Waals surface area contributed by atoms with E-state index in [-0.39, 0.29) is 11.8 Å². The van der Waals surface area contributed by atoms with Crippen LogP contribution in [0.25, 0.3) is 0 Å². The fourth-order valence-corrected chi connectivity index (χ4v) is 2.06. The molecule has 0 spiro atoms. The molecule has 0 saturated heterocycles. The summed E-state index contributed by atoms with van der Waals surface area (Å²) >= 11 is 0. The number of anilines is 1. The summed E-state index contributed by atoms with van der Waals surface area (Å²) in [6.07, 6.45) is 1.21. The molecule has 0 aromatic heterocycles. The van der Waals surface area contributed by atoms with Crippen LogP contribution in [0.2, 0.25) is 0 Å². The van der Waals surface area contributed by atoms with Crippen LogP contribution < -0.4 is 15.4 Å². The van der Waals surface area contributed by atoms with Crippen molar-refractivity contribution in [1.29, 1.82) is 0 Å². The Morgan fingerprint density at radius 1 is 1.43 bits per heavy atom. The first-order valence-electron chi connectivity index (χ1n) is 7.06. The zero-order valence-electron chi connectivity index (χ0n) is 12.4. The number of nitrogens with one attached hydrogen (secondary N) is 2. The second kappa shape index (κ2) is 7.08. The predicted molar refractivity (Wildman–Crippen MR) is 80.7 cm³/mol. The molecule has 1 aromatic carbocycles. The first-order chi connectivity index (χ1) is 10.1. The summed E-state index contributed by atoms with van der Waals surface area (Å²) < 4.78 is 5.46. The minimum atomic E-state index is -0.143. The van der Waals surface area contributed by atoms with Gasteiger partial charge in [0.05, 0.1) is 18.7 Å². The summed E-state index contributed by atoms with van der Waals surface area (Å²) in [5, 5.41) is 5.62. The van der Waals surface area contributed by atoms with E-state index >= 15 is 0 Å². The highest BCUT2D eigenvalue weighted by Crippen LogP contribution is 2.28. The minimum absolute atomic E-state index is 0.0997. The second-order valence-electron chi connectivity index (χ2n) is 5.27. The van der Waals surface area contributed by atoms with Gasteiger partial charge in [0.15, 0.2) is 0 Å². The lowest BCUT2D eigenvalue weighted by molar-refractivity contribution is -0.116. The molecular weight excluding hydrogens is 270 g/mol. The van der Waals surface area contributed by atoms with Crippen molar-refractivity contribution in [3.63, 3.8) is 0 Å². The Bertz CT molecular complexity index is 529. The van der Waals surface area contributed by atoms with Gasteiger partial charge in [-0.25, -0.2) is 0 Å². The van der Waals surface area contributed by atoms with E-state index in [0.717, 1.165) is 13.0 Å². The molecule has 0 bridgehead atoms. The molecule has 1 aromatic rings. The third kappa shape index (κ3) is 4.46. The van der Waals surface area contributed by atoms with Crippen molar-refractivity contribution >= 4 is 17.5 Å². The Kier molecular flexibility index (Phi) is 5.16. The molecule has 2 rings (SSSR count). The number of carbonyl (C=O) groups excluding carboxylic acids is 2. The van der Waals surface area contributed by atoms with Crippen LogP contribution >= 0.6 is 0 Å². The molecule has 1 aliphatic rings. The van der Waals surface area contributed by atoms with Gasteiger partial charge in [0.25, 0.3) is 5.91 Å². The Labute approximate surface area is 124 Å². The second-order valence-corrected chi connectivity index (χ2v) is 5.27. The van der Waals surface area contributed by atoms with Crippen molar-refractivity contribution < 1.29 is 14.3 Å². The van der Waals surface area contributed by atoms with E-state index in [9.17, 15) is 9.59 Å². The number of amides is 2. The number of benzene rings is 1. The van der Waals surface area contributed by atoms with Gasteiger partial charge in [-0.15, -0.1) is 0 Å². The highest BCUT2D eigenvalue weighted by molar-refractivity contribution is 5.98. The fourth-order valence-electron chi connectivity index (χ4n) is 2.06. The largest absolute Gasteiger partial charge is 0.491 e. The lowest BCUT2D eigenvalue weighted by atomic mass is 10.1. The van der Waals surface area contributed by atoms with Crippen molar-refractivity contribution in [3.05, 3.63) is 23.8 Å². The molecule has 21 heavy (non-hydrogen) atoms. The Balaban J connectivity index is 1.97. The smallest absolute Gasteiger partial charge is 0.251 e. The average molecular weight is 291 g/mol. The van der Waals surface area contributed by atoms with Crippen LogP contribution in [0.5, 0.6) is 5.75 Å². The number of hydrogen-bond donors (Lipinski definition) is 2. The molecule has 6 nitrogen and oxygen atoms in total. The Morgan fingerprint density at radius 3 is 3.00 bits per heavy atom. The molecule has 0 atom stereocenters. The number of hydrogen-bond acceptors (Lipinski definition) is 4. The Morgan fingerprint density at radius 2 is 2.24 bits per heavy atom.